The largest absolute Gasteiger partial charge is 0.463 e. The lowest BCUT2D eigenvalue weighted by Gasteiger charge is -2.43. The highest BCUT2D eigenvalue weighted by molar-refractivity contribution is 7.78. The van der Waals surface area contributed by atoms with Gasteiger partial charge in [-0.25, -0.2) is 0 Å². The van der Waals surface area contributed by atoms with Crippen LogP contribution in [0.25, 0.3) is 0 Å². The molecule has 0 unspecified atom stereocenters. The summed E-state index contributed by atoms with van der Waals surface area (Å²) < 4.78 is 21.1. The standard InChI is InChI=1S/C15H20N2O8S/c1-7(18)17-12-14(24-10(4)21)13(23-9(3)20)11(5-22-8(2)19)25-15(12)16-6-26/h11-15H,5H2,1-4H3,(H,17,18)/t11-,12-,13-,14-,15+/m1/s1. The molecule has 1 N–H and O–H groups in total. The third-order valence-electron chi connectivity index (χ3n) is 3.27. The fourth-order valence-electron chi connectivity index (χ4n) is 2.47. The third kappa shape index (κ3) is 6.51. The van der Waals surface area contributed by atoms with Crippen molar-refractivity contribution < 1.29 is 38.1 Å². The summed E-state index contributed by atoms with van der Waals surface area (Å²) in [6.07, 6.45) is -4.39. The molecule has 0 aromatic rings. The molecule has 1 heterocycles. The number of thiocarbonyl (C=S) groups is 1. The van der Waals surface area contributed by atoms with Crippen molar-refractivity contribution >= 4 is 41.2 Å². The van der Waals surface area contributed by atoms with E-state index in [9.17, 15) is 19.2 Å². The van der Waals surface area contributed by atoms with Crippen LogP contribution < -0.4 is 5.32 Å². The van der Waals surface area contributed by atoms with Gasteiger partial charge in [0.1, 0.15) is 18.8 Å². The minimum Gasteiger partial charge on any atom is -0.463 e. The number of carbonyl (C=O) groups excluding carboxylic acids is 4. The van der Waals surface area contributed by atoms with E-state index in [4.69, 9.17) is 18.9 Å². The lowest BCUT2D eigenvalue weighted by molar-refractivity contribution is -0.222. The molecule has 0 saturated carbocycles. The van der Waals surface area contributed by atoms with Gasteiger partial charge < -0.3 is 24.3 Å². The van der Waals surface area contributed by atoms with Crippen LogP contribution in [-0.2, 0) is 38.1 Å². The maximum atomic E-state index is 11.5. The highest BCUT2D eigenvalue weighted by Crippen LogP contribution is 2.27. The predicted octanol–water partition coefficient (Wildman–Crippen LogP) is -0.255. The summed E-state index contributed by atoms with van der Waals surface area (Å²) in [5.74, 6) is -2.40. The first-order valence-corrected chi connectivity index (χ1v) is 8.03. The van der Waals surface area contributed by atoms with Gasteiger partial charge in [0.2, 0.25) is 5.91 Å². The number of hydrogen-bond donors (Lipinski definition) is 1. The SMILES string of the molecule is CC(=O)N[C@@H]1[C@@H](OC(C)=O)[C@H](OC(C)=O)[C@@H](COC(C)=O)O[C@@H]1N=C=S. The quantitative estimate of drug-likeness (QED) is 0.283. The molecular formula is C15H20N2O8S. The molecule has 26 heavy (non-hydrogen) atoms. The van der Waals surface area contributed by atoms with E-state index in [1.165, 1.54) is 13.8 Å². The summed E-state index contributed by atoms with van der Waals surface area (Å²) in [6, 6.07) is -0.996. The molecule has 11 heteroatoms. The van der Waals surface area contributed by atoms with Gasteiger partial charge in [0.25, 0.3) is 0 Å². The maximum Gasteiger partial charge on any atom is 0.303 e. The fraction of sp³-hybridized carbons (Fsp3) is 0.667. The van der Waals surface area contributed by atoms with Crippen molar-refractivity contribution in [3.8, 4) is 0 Å². The zero-order valence-electron chi connectivity index (χ0n) is 14.7. The zero-order valence-corrected chi connectivity index (χ0v) is 15.5. The van der Waals surface area contributed by atoms with Crippen LogP contribution in [0.2, 0.25) is 0 Å². The molecule has 1 rings (SSSR count). The van der Waals surface area contributed by atoms with Gasteiger partial charge in [0.15, 0.2) is 18.4 Å². The van der Waals surface area contributed by atoms with Crippen molar-refractivity contribution in [1.29, 1.82) is 0 Å². The number of hydrogen-bond acceptors (Lipinski definition) is 10. The Labute approximate surface area is 155 Å². The first kappa shape index (κ1) is 21.7. The summed E-state index contributed by atoms with van der Waals surface area (Å²) >= 11 is 4.58. The van der Waals surface area contributed by atoms with Crippen LogP contribution in [0.4, 0.5) is 0 Å². The monoisotopic (exact) mass is 388 g/mol. The van der Waals surface area contributed by atoms with Gasteiger partial charge in [-0.05, 0) is 12.2 Å². The van der Waals surface area contributed by atoms with Crippen molar-refractivity contribution in [3.05, 3.63) is 0 Å². The lowest BCUT2D eigenvalue weighted by Crippen LogP contribution is -2.65. The number of aliphatic imine (C=N–C) groups is 1. The van der Waals surface area contributed by atoms with Crippen LogP contribution in [0.15, 0.2) is 4.99 Å². The second kappa shape index (κ2) is 9.95. The molecule has 0 spiro atoms. The van der Waals surface area contributed by atoms with Crippen LogP contribution in [-0.4, -0.2) is 66.2 Å². The van der Waals surface area contributed by atoms with Crippen LogP contribution in [0.3, 0.4) is 0 Å². The summed E-state index contributed by atoms with van der Waals surface area (Å²) in [7, 11) is 0. The van der Waals surface area contributed by atoms with Crippen molar-refractivity contribution in [2.24, 2.45) is 4.99 Å². The molecule has 0 aliphatic carbocycles. The molecule has 0 aromatic carbocycles. The predicted molar refractivity (Wildman–Crippen MR) is 89.0 cm³/mol. The number of carbonyl (C=O) groups is 4. The van der Waals surface area contributed by atoms with Gasteiger partial charge in [-0.15, -0.1) is 0 Å². The number of rotatable bonds is 6. The second-order valence-corrected chi connectivity index (χ2v) is 5.65. The fourth-order valence-corrected chi connectivity index (χ4v) is 2.57. The Hall–Kier alpha value is -2.36. The van der Waals surface area contributed by atoms with Crippen molar-refractivity contribution in [1.82, 2.24) is 5.32 Å². The van der Waals surface area contributed by atoms with E-state index in [0.29, 0.717) is 0 Å². The van der Waals surface area contributed by atoms with Gasteiger partial charge in [0.05, 0.1) is 5.16 Å². The summed E-state index contributed by atoms with van der Waals surface area (Å²) in [6.45, 7) is 4.46. The van der Waals surface area contributed by atoms with Crippen molar-refractivity contribution in [3.63, 3.8) is 0 Å². The zero-order chi connectivity index (χ0) is 19.9. The molecule has 1 saturated heterocycles. The van der Waals surface area contributed by atoms with E-state index in [1.807, 2.05) is 0 Å². The Balaban J connectivity index is 3.28. The lowest BCUT2D eigenvalue weighted by atomic mass is 9.95. The van der Waals surface area contributed by atoms with Crippen LogP contribution in [0, 0.1) is 0 Å². The normalized spacial score (nSPS) is 27.5. The number of nitrogens with zero attached hydrogens (tertiary/aromatic N) is 1. The Morgan fingerprint density at radius 1 is 1.04 bits per heavy atom. The molecule has 5 atom stereocenters. The molecule has 144 valence electrons. The molecule has 1 fully saturated rings. The number of isothiocyanates is 1. The molecule has 1 amide bonds. The topological polar surface area (TPSA) is 130 Å². The van der Waals surface area contributed by atoms with E-state index >= 15 is 0 Å². The van der Waals surface area contributed by atoms with Gasteiger partial charge in [-0.3, -0.25) is 19.2 Å². The summed E-state index contributed by atoms with van der Waals surface area (Å²) in [5.41, 5.74) is 0. The smallest absolute Gasteiger partial charge is 0.303 e. The molecule has 0 aromatic heterocycles. The molecule has 0 radical (unpaired) electrons. The number of amides is 1. The summed E-state index contributed by atoms with van der Waals surface area (Å²) in [5, 5.41) is 4.67. The average molecular weight is 388 g/mol. The van der Waals surface area contributed by atoms with E-state index in [2.05, 4.69) is 27.7 Å². The summed E-state index contributed by atoms with van der Waals surface area (Å²) in [4.78, 5) is 49.5. The van der Waals surface area contributed by atoms with Crippen LogP contribution in [0.1, 0.15) is 27.7 Å². The molecular weight excluding hydrogens is 368 g/mol. The average Bonchev–Trinajstić information content (AvgIpc) is 2.50. The second-order valence-electron chi connectivity index (χ2n) is 5.46. The number of ether oxygens (including phenoxy) is 4. The first-order valence-electron chi connectivity index (χ1n) is 7.63. The maximum absolute atomic E-state index is 11.5. The highest BCUT2D eigenvalue weighted by Gasteiger charge is 2.50. The third-order valence-corrected chi connectivity index (χ3v) is 3.38. The van der Waals surface area contributed by atoms with Gasteiger partial charge in [-0.1, -0.05) is 0 Å². The minimum atomic E-state index is -1.15. The van der Waals surface area contributed by atoms with E-state index < -0.39 is 54.4 Å². The Kier molecular flexibility index (Phi) is 8.30. The van der Waals surface area contributed by atoms with E-state index in [1.54, 1.807) is 0 Å². The molecule has 1 aliphatic heterocycles. The highest BCUT2D eigenvalue weighted by atomic mass is 32.1. The molecule has 0 bridgehead atoms. The van der Waals surface area contributed by atoms with Crippen LogP contribution >= 0.6 is 12.2 Å². The Morgan fingerprint density at radius 2 is 1.62 bits per heavy atom. The van der Waals surface area contributed by atoms with Gasteiger partial charge in [0, 0.05) is 27.7 Å². The van der Waals surface area contributed by atoms with Crippen molar-refractivity contribution in [2.45, 2.75) is 58.3 Å². The van der Waals surface area contributed by atoms with Crippen molar-refractivity contribution in [2.75, 3.05) is 6.61 Å². The molecule has 1 aliphatic rings. The van der Waals surface area contributed by atoms with Gasteiger partial charge in [-0.2, -0.15) is 4.99 Å². The Morgan fingerprint density at radius 3 is 2.08 bits per heavy atom. The first-order chi connectivity index (χ1) is 12.1. The van der Waals surface area contributed by atoms with E-state index in [-0.39, 0.29) is 6.61 Å². The molecule has 10 nitrogen and oxygen atoms in total. The number of nitrogens with one attached hydrogen (secondary N) is 1. The van der Waals surface area contributed by atoms with E-state index in [0.717, 1.165) is 13.8 Å². The number of esters is 3. The Bertz CT molecular complexity index is 619. The van der Waals surface area contributed by atoms with Gasteiger partial charge >= 0.3 is 17.9 Å². The van der Waals surface area contributed by atoms with Crippen LogP contribution in [0.5, 0.6) is 0 Å². The minimum absolute atomic E-state index is 0.290.